The van der Waals surface area contributed by atoms with Crippen molar-refractivity contribution in [2.24, 2.45) is 0 Å². The van der Waals surface area contributed by atoms with E-state index in [4.69, 9.17) is 0 Å². The molecule has 0 aromatic carbocycles. The smallest absolute Gasteiger partial charge is 0.283 e. The number of nitrogens with zero attached hydrogens (tertiary/aromatic N) is 2. The zero-order valence-corrected chi connectivity index (χ0v) is 10.6. The summed E-state index contributed by atoms with van der Waals surface area (Å²) in [4.78, 5) is 11.8. The van der Waals surface area contributed by atoms with Gasteiger partial charge in [0.05, 0.1) is 24.0 Å². The number of aryl methyl sites for hydroxylation is 1. The quantitative estimate of drug-likeness (QED) is 0.866. The van der Waals surface area contributed by atoms with Crippen molar-refractivity contribution in [2.45, 2.75) is 31.8 Å². The van der Waals surface area contributed by atoms with Crippen LogP contribution in [0.2, 0.25) is 0 Å². The highest BCUT2D eigenvalue weighted by Gasteiger charge is 2.42. The molecule has 0 atom stereocenters. The Morgan fingerprint density at radius 2 is 2.38 bits per heavy atom. The van der Waals surface area contributed by atoms with Crippen LogP contribution in [0, 0.1) is 0 Å². The zero-order valence-electron chi connectivity index (χ0n) is 9.03. The first kappa shape index (κ1) is 11.6. The molecule has 5 nitrogen and oxygen atoms in total. The summed E-state index contributed by atoms with van der Waals surface area (Å²) in [5.74, 6) is 0. The minimum Gasteiger partial charge on any atom is -0.394 e. The largest absolute Gasteiger partial charge is 0.394 e. The second-order valence-corrected chi connectivity index (χ2v) is 4.85. The summed E-state index contributed by atoms with van der Waals surface area (Å²) in [6.45, 7) is 2.49. The first-order chi connectivity index (χ1) is 7.62. The molecule has 0 saturated heterocycles. The number of aliphatic hydroxyl groups excluding tert-OH is 1. The van der Waals surface area contributed by atoms with Gasteiger partial charge in [-0.15, -0.1) is 0 Å². The van der Waals surface area contributed by atoms with E-state index in [0.717, 1.165) is 12.8 Å². The predicted octanol–water partition coefficient (Wildman–Crippen LogP) is 0.962. The van der Waals surface area contributed by atoms with Gasteiger partial charge in [0.15, 0.2) is 0 Å². The molecule has 1 fully saturated rings. The van der Waals surface area contributed by atoms with Crippen LogP contribution in [-0.2, 0) is 6.54 Å². The number of aromatic nitrogens is 2. The molecule has 2 N–H and O–H groups in total. The molecule has 1 heterocycles. The first-order valence-corrected chi connectivity index (χ1v) is 6.06. The Morgan fingerprint density at radius 1 is 1.69 bits per heavy atom. The fraction of sp³-hybridized carbons (Fsp3) is 0.600. The number of aliphatic hydroxyl groups is 1. The number of halogens is 1. The van der Waals surface area contributed by atoms with Gasteiger partial charge in [-0.2, -0.15) is 5.10 Å². The predicted molar refractivity (Wildman–Crippen MR) is 64.5 cm³/mol. The number of nitrogens with one attached hydrogen (secondary N) is 1. The Morgan fingerprint density at radius 3 is 2.88 bits per heavy atom. The molecular formula is C10H14BrN3O2. The van der Waals surface area contributed by atoms with Crippen molar-refractivity contribution in [1.29, 1.82) is 0 Å². The van der Waals surface area contributed by atoms with Gasteiger partial charge in [-0.25, -0.2) is 4.68 Å². The highest BCUT2D eigenvalue weighted by Crippen LogP contribution is 2.39. The molecule has 0 spiro atoms. The highest BCUT2D eigenvalue weighted by atomic mass is 79.9. The Kier molecular flexibility index (Phi) is 3.03. The molecule has 6 heteroatoms. The van der Waals surface area contributed by atoms with Crippen LogP contribution in [-0.4, -0.2) is 27.0 Å². The van der Waals surface area contributed by atoms with Gasteiger partial charge in [-0.1, -0.05) is 0 Å². The van der Waals surface area contributed by atoms with E-state index in [0.29, 0.717) is 16.7 Å². The molecular weight excluding hydrogens is 274 g/mol. The van der Waals surface area contributed by atoms with Crippen molar-refractivity contribution in [2.75, 3.05) is 11.9 Å². The van der Waals surface area contributed by atoms with E-state index in [2.05, 4.69) is 26.3 Å². The lowest BCUT2D eigenvalue weighted by atomic mass is 10.3. The number of hydrogen-bond donors (Lipinski definition) is 2. The average molecular weight is 288 g/mol. The molecule has 2 rings (SSSR count). The molecule has 0 amide bonds. The minimum absolute atomic E-state index is 0.0797. The van der Waals surface area contributed by atoms with Crippen molar-refractivity contribution in [1.82, 2.24) is 9.78 Å². The third-order valence-electron chi connectivity index (χ3n) is 2.84. The maximum Gasteiger partial charge on any atom is 0.283 e. The van der Waals surface area contributed by atoms with E-state index in [9.17, 15) is 9.90 Å². The average Bonchev–Trinajstić information content (AvgIpc) is 3.06. The molecule has 1 saturated carbocycles. The summed E-state index contributed by atoms with van der Waals surface area (Å²) < 4.78 is 1.86. The molecule has 0 bridgehead atoms. The Bertz CT molecular complexity index is 454. The Labute approximate surface area is 102 Å². The standard InChI is InChI=1S/C10H14BrN3O2/c1-2-14-9(16)8(11)7(5-12-14)13-10(6-15)3-4-10/h5,13,15H,2-4,6H2,1H3. The maximum atomic E-state index is 11.8. The zero-order chi connectivity index (χ0) is 11.8. The second kappa shape index (κ2) is 4.18. The fourth-order valence-electron chi connectivity index (χ4n) is 1.54. The van der Waals surface area contributed by atoms with E-state index in [1.54, 1.807) is 6.20 Å². The van der Waals surface area contributed by atoms with Crippen LogP contribution in [0.15, 0.2) is 15.5 Å². The molecule has 0 unspecified atom stereocenters. The number of rotatable bonds is 4. The monoisotopic (exact) mass is 287 g/mol. The minimum atomic E-state index is -0.241. The van der Waals surface area contributed by atoms with Crippen LogP contribution in [0.25, 0.3) is 0 Å². The van der Waals surface area contributed by atoms with Gasteiger partial charge in [0.25, 0.3) is 5.56 Å². The van der Waals surface area contributed by atoms with Gasteiger partial charge in [0.2, 0.25) is 0 Å². The van der Waals surface area contributed by atoms with E-state index in [1.807, 2.05) is 6.92 Å². The van der Waals surface area contributed by atoms with Gasteiger partial charge in [-0.3, -0.25) is 4.79 Å². The summed E-state index contributed by atoms with van der Waals surface area (Å²) in [6, 6.07) is 0. The van der Waals surface area contributed by atoms with Crippen molar-refractivity contribution in [3.63, 3.8) is 0 Å². The van der Waals surface area contributed by atoms with E-state index in [1.165, 1.54) is 4.68 Å². The van der Waals surface area contributed by atoms with Gasteiger partial charge >= 0.3 is 0 Å². The van der Waals surface area contributed by atoms with E-state index >= 15 is 0 Å². The lowest BCUT2D eigenvalue weighted by molar-refractivity contribution is 0.266. The molecule has 0 aliphatic heterocycles. The van der Waals surface area contributed by atoms with E-state index < -0.39 is 0 Å². The highest BCUT2D eigenvalue weighted by molar-refractivity contribution is 9.10. The number of hydrogen-bond acceptors (Lipinski definition) is 4. The summed E-state index contributed by atoms with van der Waals surface area (Å²) in [6.07, 6.45) is 3.46. The van der Waals surface area contributed by atoms with Crippen LogP contribution in [0.1, 0.15) is 19.8 Å². The summed E-state index contributed by atoms with van der Waals surface area (Å²) in [5.41, 5.74) is 0.261. The van der Waals surface area contributed by atoms with E-state index in [-0.39, 0.29) is 17.7 Å². The normalized spacial score (nSPS) is 17.2. The Balaban J connectivity index is 2.29. The van der Waals surface area contributed by atoms with Crippen molar-refractivity contribution in [3.8, 4) is 0 Å². The number of anilines is 1. The summed E-state index contributed by atoms with van der Waals surface area (Å²) in [7, 11) is 0. The lowest BCUT2D eigenvalue weighted by Crippen LogP contribution is -2.29. The Hall–Kier alpha value is -0.880. The molecule has 1 aromatic rings. The van der Waals surface area contributed by atoms with Gasteiger partial charge < -0.3 is 10.4 Å². The molecule has 1 aliphatic carbocycles. The second-order valence-electron chi connectivity index (χ2n) is 4.06. The van der Waals surface area contributed by atoms with Crippen LogP contribution in [0.5, 0.6) is 0 Å². The summed E-state index contributed by atoms with van der Waals surface area (Å²) in [5, 5.41) is 16.4. The van der Waals surface area contributed by atoms with Crippen molar-refractivity contribution >= 4 is 21.6 Å². The fourth-order valence-corrected chi connectivity index (χ4v) is 1.94. The molecule has 1 aromatic heterocycles. The van der Waals surface area contributed by atoms with Crippen molar-refractivity contribution in [3.05, 3.63) is 21.0 Å². The van der Waals surface area contributed by atoms with Gasteiger partial charge in [0, 0.05) is 6.54 Å². The molecule has 0 radical (unpaired) electrons. The van der Waals surface area contributed by atoms with Crippen molar-refractivity contribution < 1.29 is 5.11 Å². The van der Waals surface area contributed by atoms with Crippen LogP contribution < -0.4 is 10.9 Å². The van der Waals surface area contributed by atoms with Crippen LogP contribution in [0.4, 0.5) is 5.69 Å². The summed E-state index contributed by atoms with van der Waals surface area (Å²) >= 11 is 3.26. The third-order valence-corrected chi connectivity index (χ3v) is 3.61. The molecule has 1 aliphatic rings. The molecule has 88 valence electrons. The third kappa shape index (κ3) is 1.99. The first-order valence-electron chi connectivity index (χ1n) is 5.26. The SMILES string of the molecule is CCn1ncc(NC2(CO)CC2)c(Br)c1=O. The van der Waals surface area contributed by atoms with Gasteiger partial charge in [0.1, 0.15) is 4.47 Å². The molecule has 16 heavy (non-hydrogen) atoms. The van der Waals surface area contributed by atoms with Crippen LogP contribution in [0.3, 0.4) is 0 Å². The maximum absolute atomic E-state index is 11.8. The van der Waals surface area contributed by atoms with Gasteiger partial charge in [-0.05, 0) is 35.7 Å². The topological polar surface area (TPSA) is 67.2 Å². The van der Waals surface area contributed by atoms with Crippen LogP contribution >= 0.6 is 15.9 Å². The lowest BCUT2D eigenvalue weighted by Gasteiger charge is -2.16.